The van der Waals surface area contributed by atoms with Gasteiger partial charge in [-0.05, 0) is 37.7 Å². The number of hydrogen-bond donors (Lipinski definition) is 1. The van der Waals surface area contributed by atoms with Gasteiger partial charge in [-0.3, -0.25) is 0 Å². The van der Waals surface area contributed by atoms with Crippen molar-refractivity contribution in [1.29, 1.82) is 0 Å². The first kappa shape index (κ1) is 12.6. The highest BCUT2D eigenvalue weighted by Crippen LogP contribution is 2.24. The summed E-state index contributed by atoms with van der Waals surface area (Å²) in [6.07, 6.45) is 2.59. The summed E-state index contributed by atoms with van der Waals surface area (Å²) in [6, 6.07) is 8.93. The Morgan fingerprint density at radius 3 is 3.12 bits per heavy atom. The van der Waals surface area contributed by atoms with Crippen LogP contribution in [0.15, 0.2) is 24.3 Å². The quantitative estimate of drug-likeness (QED) is 0.860. The van der Waals surface area contributed by atoms with E-state index in [1.807, 2.05) is 17.8 Å². The van der Waals surface area contributed by atoms with Crippen molar-refractivity contribution in [2.75, 3.05) is 16.8 Å². The SMILES string of the molecule is CCC(C)Oc1cccc(NC2CCSC2)c1. The molecule has 1 saturated heterocycles. The van der Waals surface area contributed by atoms with Crippen molar-refractivity contribution in [3.05, 3.63) is 24.3 Å². The van der Waals surface area contributed by atoms with Gasteiger partial charge in [-0.2, -0.15) is 11.8 Å². The average Bonchev–Trinajstić information content (AvgIpc) is 2.82. The topological polar surface area (TPSA) is 21.3 Å². The van der Waals surface area contributed by atoms with Gasteiger partial charge in [0.2, 0.25) is 0 Å². The van der Waals surface area contributed by atoms with Crippen molar-refractivity contribution in [3.8, 4) is 5.75 Å². The molecule has 2 unspecified atom stereocenters. The molecular formula is C14H21NOS. The number of rotatable bonds is 5. The lowest BCUT2D eigenvalue weighted by atomic mass is 10.2. The lowest BCUT2D eigenvalue weighted by Crippen LogP contribution is -2.18. The third-order valence-corrected chi connectivity index (χ3v) is 4.21. The number of hydrogen-bond acceptors (Lipinski definition) is 3. The van der Waals surface area contributed by atoms with Crippen molar-refractivity contribution < 1.29 is 4.74 Å². The van der Waals surface area contributed by atoms with E-state index < -0.39 is 0 Å². The molecule has 1 N–H and O–H groups in total. The van der Waals surface area contributed by atoms with Crippen molar-refractivity contribution in [3.63, 3.8) is 0 Å². The molecule has 1 fully saturated rings. The second-order valence-electron chi connectivity index (χ2n) is 4.57. The van der Waals surface area contributed by atoms with Crippen LogP contribution in [-0.2, 0) is 0 Å². The van der Waals surface area contributed by atoms with E-state index in [2.05, 4.69) is 37.4 Å². The number of thioether (sulfide) groups is 1. The lowest BCUT2D eigenvalue weighted by molar-refractivity contribution is 0.217. The van der Waals surface area contributed by atoms with E-state index in [-0.39, 0.29) is 6.10 Å². The third kappa shape index (κ3) is 3.84. The molecule has 0 amide bonds. The van der Waals surface area contributed by atoms with Crippen LogP contribution >= 0.6 is 11.8 Å². The Balaban J connectivity index is 1.95. The minimum absolute atomic E-state index is 0.285. The zero-order chi connectivity index (χ0) is 12.1. The van der Waals surface area contributed by atoms with Crippen LogP contribution in [0.5, 0.6) is 5.75 Å². The van der Waals surface area contributed by atoms with Crippen LogP contribution in [-0.4, -0.2) is 23.7 Å². The van der Waals surface area contributed by atoms with Crippen LogP contribution in [0, 0.1) is 0 Å². The van der Waals surface area contributed by atoms with Crippen LogP contribution in [0.2, 0.25) is 0 Å². The Kier molecular flexibility index (Phi) is 4.60. The second-order valence-corrected chi connectivity index (χ2v) is 5.72. The molecule has 1 aliphatic rings. The Bertz CT molecular complexity index is 350. The van der Waals surface area contributed by atoms with Crippen LogP contribution in [0.25, 0.3) is 0 Å². The molecule has 1 aromatic rings. The largest absolute Gasteiger partial charge is 0.491 e. The van der Waals surface area contributed by atoms with E-state index in [0.29, 0.717) is 6.04 Å². The zero-order valence-electron chi connectivity index (χ0n) is 10.6. The molecule has 0 aromatic heterocycles. The standard InChI is InChI=1S/C14H21NOS/c1-3-11(2)16-14-6-4-5-12(9-14)15-13-7-8-17-10-13/h4-6,9,11,13,15H,3,7-8,10H2,1-2H3. The lowest BCUT2D eigenvalue weighted by Gasteiger charge is -2.16. The molecule has 0 aliphatic carbocycles. The average molecular weight is 251 g/mol. The summed E-state index contributed by atoms with van der Waals surface area (Å²) in [7, 11) is 0. The summed E-state index contributed by atoms with van der Waals surface area (Å²) in [5.41, 5.74) is 1.18. The van der Waals surface area contributed by atoms with E-state index in [9.17, 15) is 0 Å². The maximum absolute atomic E-state index is 5.82. The number of nitrogens with one attached hydrogen (secondary N) is 1. The van der Waals surface area contributed by atoms with Crippen molar-refractivity contribution >= 4 is 17.4 Å². The summed E-state index contributed by atoms with van der Waals surface area (Å²) >= 11 is 2.03. The first-order valence-electron chi connectivity index (χ1n) is 6.39. The predicted molar refractivity (Wildman–Crippen MR) is 76.2 cm³/mol. The van der Waals surface area contributed by atoms with Crippen LogP contribution in [0.3, 0.4) is 0 Å². The van der Waals surface area contributed by atoms with Gasteiger partial charge in [0.05, 0.1) is 6.10 Å². The van der Waals surface area contributed by atoms with Gasteiger partial charge in [-0.15, -0.1) is 0 Å². The first-order valence-corrected chi connectivity index (χ1v) is 7.54. The molecule has 1 heterocycles. The summed E-state index contributed by atoms with van der Waals surface area (Å²) < 4.78 is 5.82. The fourth-order valence-corrected chi connectivity index (χ4v) is 3.01. The summed E-state index contributed by atoms with van der Waals surface area (Å²) in [4.78, 5) is 0. The molecule has 0 bridgehead atoms. The fraction of sp³-hybridized carbons (Fsp3) is 0.571. The molecule has 17 heavy (non-hydrogen) atoms. The van der Waals surface area contributed by atoms with Gasteiger partial charge < -0.3 is 10.1 Å². The molecule has 94 valence electrons. The van der Waals surface area contributed by atoms with E-state index in [1.165, 1.54) is 23.6 Å². The molecule has 2 nitrogen and oxygen atoms in total. The van der Waals surface area contributed by atoms with E-state index in [1.54, 1.807) is 0 Å². The van der Waals surface area contributed by atoms with Gasteiger partial charge in [-0.1, -0.05) is 13.0 Å². The van der Waals surface area contributed by atoms with Gasteiger partial charge in [0.15, 0.2) is 0 Å². The smallest absolute Gasteiger partial charge is 0.121 e. The molecule has 3 heteroatoms. The summed E-state index contributed by atoms with van der Waals surface area (Å²) in [5.74, 6) is 3.46. The first-order chi connectivity index (χ1) is 8.28. The van der Waals surface area contributed by atoms with Gasteiger partial charge in [0.25, 0.3) is 0 Å². The molecule has 0 spiro atoms. The third-order valence-electron chi connectivity index (χ3n) is 3.05. The molecule has 1 aliphatic heterocycles. The fourth-order valence-electron chi connectivity index (χ4n) is 1.86. The van der Waals surface area contributed by atoms with Crippen LogP contribution in [0.1, 0.15) is 26.7 Å². The number of ether oxygens (including phenoxy) is 1. The minimum atomic E-state index is 0.285. The maximum Gasteiger partial charge on any atom is 0.121 e. The molecule has 2 atom stereocenters. The van der Waals surface area contributed by atoms with E-state index >= 15 is 0 Å². The monoisotopic (exact) mass is 251 g/mol. The highest BCUT2D eigenvalue weighted by Gasteiger charge is 2.15. The summed E-state index contributed by atoms with van der Waals surface area (Å²) in [5, 5.41) is 3.57. The summed E-state index contributed by atoms with van der Waals surface area (Å²) in [6.45, 7) is 4.25. The highest BCUT2D eigenvalue weighted by atomic mass is 32.2. The van der Waals surface area contributed by atoms with Crippen molar-refractivity contribution in [2.24, 2.45) is 0 Å². The number of anilines is 1. The minimum Gasteiger partial charge on any atom is -0.491 e. The predicted octanol–water partition coefficient (Wildman–Crippen LogP) is 3.78. The van der Waals surface area contributed by atoms with Gasteiger partial charge in [0.1, 0.15) is 5.75 Å². The Hall–Kier alpha value is -0.830. The maximum atomic E-state index is 5.82. The molecule has 0 saturated carbocycles. The molecular weight excluding hydrogens is 230 g/mol. The molecule has 2 rings (SSSR count). The molecule has 1 aromatic carbocycles. The second kappa shape index (κ2) is 6.20. The Morgan fingerprint density at radius 1 is 1.53 bits per heavy atom. The molecule has 0 radical (unpaired) electrons. The Labute approximate surface area is 108 Å². The van der Waals surface area contributed by atoms with Gasteiger partial charge >= 0.3 is 0 Å². The van der Waals surface area contributed by atoms with E-state index in [0.717, 1.165) is 12.2 Å². The van der Waals surface area contributed by atoms with Crippen LogP contribution < -0.4 is 10.1 Å². The van der Waals surface area contributed by atoms with Gasteiger partial charge in [-0.25, -0.2) is 0 Å². The van der Waals surface area contributed by atoms with Crippen molar-refractivity contribution in [2.45, 2.75) is 38.8 Å². The number of benzene rings is 1. The highest BCUT2D eigenvalue weighted by molar-refractivity contribution is 7.99. The van der Waals surface area contributed by atoms with Gasteiger partial charge in [0, 0.05) is 23.5 Å². The van der Waals surface area contributed by atoms with E-state index in [4.69, 9.17) is 4.74 Å². The van der Waals surface area contributed by atoms with Crippen molar-refractivity contribution in [1.82, 2.24) is 0 Å². The Morgan fingerprint density at radius 2 is 2.41 bits per heavy atom. The zero-order valence-corrected chi connectivity index (χ0v) is 11.4. The van der Waals surface area contributed by atoms with Crippen LogP contribution in [0.4, 0.5) is 5.69 Å². The normalized spacial score (nSPS) is 21.2.